The minimum atomic E-state index is -0.493. The molecule has 0 aliphatic carbocycles. The Morgan fingerprint density at radius 1 is 1.29 bits per heavy atom. The molecule has 0 aliphatic rings. The van der Waals surface area contributed by atoms with Crippen LogP contribution in [0.2, 0.25) is 0 Å². The first-order valence-corrected chi connectivity index (χ1v) is 6.79. The maximum Gasteiger partial charge on any atom is 0.236 e. The molecule has 0 radical (unpaired) electrons. The van der Waals surface area contributed by atoms with Gasteiger partial charge in [0, 0.05) is 24.5 Å². The molecule has 1 atom stereocenters. The highest BCUT2D eigenvalue weighted by Crippen LogP contribution is 2.14. The van der Waals surface area contributed by atoms with Crippen molar-refractivity contribution in [3.8, 4) is 5.75 Å². The lowest BCUT2D eigenvalue weighted by molar-refractivity contribution is -0.122. The zero-order valence-electron chi connectivity index (χ0n) is 12.0. The molecule has 1 aromatic heterocycles. The van der Waals surface area contributed by atoms with Crippen molar-refractivity contribution in [2.24, 2.45) is 5.73 Å². The number of pyridine rings is 1. The fraction of sp³-hybridized carbons (Fsp3) is 0.250. The molecule has 0 saturated carbocycles. The number of aromatic nitrogens is 1. The molecule has 0 bridgehead atoms. The molecule has 1 heterocycles. The summed E-state index contributed by atoms with van der Waals surface area (Å²) < 4.78 is 5.66. The van der Waals surface area contributed by atoms with E-state index in [0.29, 0.717) is 13.2 Å². The van der Waals surface area contributed by atoms with Crippen molar-refractivity contribution in [2.75, 3.05) is 0 Å². The number of hydrogen-bond donors (Lipinski definition) is 2. The molecule has 1 unspecified atom stereocenters. The van der Waals surface area contributed by atoms with Crippen LogP contribution in [-0.4, -0.2) is 16.9 Å². The summed E-state index contributed by atoms with van der Waals surface area (Å²) in [6.07, 6.45) is 3.51. The zero-order chi connectivity index (χ0) is 15.1. The van der Waals surface area contributed by atoms with Crippen molar-refractivity contribution in [3.63, 3.8) is 0 Å². The minimum absolute atomic E-state index is 0.160. The molecule has 5 nitrogen and oxygen atoms in total. The van der Waals surface area contributed by atoms with Gasteiger partial charge in [0.25, 0.3) is 0 Å². The molecule has 0 aliphatic heterocycles. The highest BCUT2D eigenvalue weighted by atomic mass is 16.5. The SMILES string of the molecule is CC(N)C(=O)NCc1ccc(OCc2cccnc2)cc1. The Morgan fingerprint density at radius 2 is 2.05 bits per heavy atom. The Labute approximate surface area is 124 Å². The third-order valence-corrected chi connectivity index (χ3v) is 2.93. The number of benzene rings is 1. The predicted molar refractivity (Wildman–Crippen MR) is 80.5 cm³/mol. The molecule has 3 N–H and O–H groups in total. The first-order chi connectivity index (χ1) is 10.1. The van der Waals surface area contributed by atoms with E-state index >= 15 is 0 Å². The third kappa shape index (κ3) is 4.89. The topological polar surface area (TPSA) is 77.2 Å². The number of carbonyl (C=O) groups is 1. The molecular weight excluding hydrogens is 266 g/mol. The summed E-state index contributed by atoms with van der Waals surface area (Å²) in [5.41, 5.74) is 7.50. The van der Waals surface area contributed by atoms with Gasteiger partial charge >= 0.3 is 0 Å². The van der Waals surface area contributed by atoms with Crippen LogP contribution in [0.4, 0.5) is 0 Å². The fourth-order valence-corrected chi connectivity index (χ4v) is 1.70. The molecule has 2 aromatic rings. The van der Waals surface area contributed by atoms with Crippen LogP contribution in [0.1, 0.15) is 18.1 Å². The molecule has 2 rings (SSSR count). The van der Waals surface area contributed by atoms with Crippen LogP contribution in [0, 0.1) is 0 Å². The smallest absolute Gasteiger partial charge is 0.236 e. The maximum absolute atomic E-state index is 11.4. The predicted octanol–water partition coefficient (Wildman–Crippen LogP) is 1.62. The van der Waals surface area contributed by atoms with E-state index < -0.39 is 6.04 Å². The van der Waals surface area contributed by atoms with E-state index in [-0.39, 0.29) is 5.91 Å². The molecule has 0 saturated heterocycles. The van der Waals surface area contributed by atoms with Gasteiger partial charge < -0.3 is 15.8 Å². The molecule has 0 spiro atoms. The lowest BCUT2D eigenvalue weighted by atomic mass is 10.2. The van der Waals surface area contributed by atoms with Gasteiger partial charge in [0.05, 0.1) is 6.04 Å². The highest BCUT2D eigenvalue weighted by Gasteiger charge is 2.06. The van der Waals surface area contributed by atoms with E-state index in [9.17, 15) is 4.79 Å². The number of nitrogens with two attached hydrogens (primary N) is 1. The fourth-order valence-electron chi connectivity index (χ4n) is 1.70. The van der Waals surface area contributed by atoms with Crippen molar-refractivity contribution in [1.29, 1.82) is 0 Å². The van der Waals surface area contributed by atoms with Gasteiger partial charge in [0.2, 0.25) is 5.91 Å². The van der Waals surface area contributed by atoms with Crippen LogP contribution in [0.3, 0.4) is 0 Å². The normalized spacial score (nSPS) is 11.7. The van der Waals surface area contributed by atoms with E-state index in [0.717, 1.165) is 16.9 Å². The standard InChI is InChI=1S/C16H19N3O2/c1-12(17)16(20)19-10-13-4-6-15(7-5-13)21-11-14-3-2-8-18-9-14/h2-9,12H,10-11,17H2,1H3,(H,19,20). The number of nitrogens with zero attached hydrogens (tertiary/aromatic N) is 1. The van der Waals surface area contributed by atoms with Gasteiger partial charge in [-0.3, -0.25) is 9.78 Å². The Balaban J connectivity index is 1.83. The largest absolute Gasteiger partial charge is 0.489 e. The number of amides is 1. The van der Waals surface area contributed by atoms with Crippen molar-refractivity contribution >= 4 is 5.91 Å². The maximum atomic E-state index is 11.4. The van der Waals surface area contributed by atoms with E-state index in [4.69, 9.17) is 10.5 Å². The highest BCUT2D eigenvalue weighted by molar-refractivity contribution is 5.80. The van der Waals surface area contributed by atoms with Gasteiger partial charge in [0.1, 0.15) is 12.4 Å². The van der Waals surface area contributed by atoms with E-state index in [1.807, 2.05) is 36.4 Å². The van der Waals surface area contributed by atoms with E-state index in [2.05, 4.69) is 10.3 Å². The Morgan fingerprint density at radius 3 is 2.67 bits per heavy atom. The van der Waals surface area contributed by atoms with Crippen LogP contribution in [0.15, 0.2) is 48.8 Å². The Bertz CT molecular complexity index is 568. The van der Waals surface area contributed by atoms with Crippen molar-refractivity contribution < 1.29 is 9.53 Å². The van der Waals surface area contributed by atoms with E-state index in [1.165, 1.54) is 0 Å². The first kappa shape index (κ1) is 15.0. The van der Waals surface area contributed by atoms with Gasteiger partial charge in [-0.25, -0.2) is 0 Å². The molecule has 1 amide bonds. The summed E-state index contributed by atoms with van der Waals surface area (Å²) in [6, 6.07) is 10.9. The first-order valence-electron chi connectivity index (χ1n) is 6.79. The molecule has 5 heteroatoms. The Kier molecular flexibility index (Phi) is 5.29. The summed E-state index contributed by atoms with van der Waals surface area (Å²) in [5.74, 6) is 0.619. The second kappa shape index (κ2) is 7.40. The average molecular weight is 285 g/mol. The number of ether oxygens (including phenoxy) is 1. The molecule has 0 fully saturated rings. The van der Waals surface area contributed by atoms with E-state index in [1.54, 1.807) is 19.3 Å². The number of carbonyl (C=O) groups excluding carboxylic acids is 1. The zero-order valence-corrected chi connectivity index (χ0v) is 12.0. The second-order valence-electron chi connectivity index (χ2n) is 4.80. The van der Waals surface area contributed by atoms with Crippen molar-refractivity contribution in [1.82, 2.24) is 10.3 Å². The van der Waals surface area contributed by atoms with Crippen LogP contribution in [0.25, 0.3) is 0 Å². The molecule has 110 valence electrons. The minimum Gasteiger partial charge on any atom is -0.489 e. The van der Waals surface area contributed by atoms with Gasteiger partial charge in [-0.2, -0.15) is 0 Å². The summed E-state index contributed by atoms with van der Waals surface area (Å²) in [7, 11) is 0. The molecular formula is C16H19N3O2. The van der Waals surface area contributed by atoms with Crippen molar-refractivity contribution in [3.05, 3.63) is 59.9 Å². The van der Waals surface area contributed by atoms with Crippen LogP contribution in [0.5, 0.6) is 5.75 Å². The molecule has 21 heavy (non-hydrogen) atoms. The van der Waals surface area contributed by atoms with Gasteiger partial charge in [-0.15, -0.1) is 0 Å². The summed E-state index contributed by atoms with van der Waals surface area (Å²) in [5, 5.41) is 2.76. The number of hydrogen-bond acceptors (Lipinski definition) is 4. The average Bonchev–Trinajstić information content (AvgIpc) is 2.52. The number of nitrogens with one attached hydrogen (secondary N) is 1. The number of rotatable bonds is 6. The van der Waals surface area contributed by atoms with Crippen molar-refractivity contribution in [2.45, 2.75) is 26.1 Å². The van der Waals surface area contributed by atoms with Gasteiger partial charge in [0.15, 0.2) is 0 Å². The van der Waals surface area contributed by atoms with Crippen LogP contribution in [-0.2, 0) is 17.9 Å². The summed E-state index contributed by atoms with van der Waals surface area (Å²) >= 11 is 0. The summed E-state index contributed by atoms with van der Waals surface area (Å²) in [6.45, 7) is 2.60. The van der Waals surface area contributed by atoms with Gasteiger partial charge in [-0.05, 0) is 30.7 Å². The lowest BCUT2D eigenvalue weighted by Gasteiger charge is -2.09. The van der Waals surface area contributed by atoms with Crippen LogP contribution >= 0.6 is 0 Å². The quantitative estimate of drug-likeness (QED) is 0.845. The van der Waals surface area contributed by atoms with Crippen LogP contribution < -0.4 is 15.8 Å². The van der Waals surface area contributed by atoms with Gasteiger partial charge in [-0.1, -0.05) is 18.2 Å². The monoisotopic (exact) mass is 285 g/mol. The third-order valence-electron chi connectivity index (χ3n) is 2.93. The molecule has 1 aromatic carbocycles. The summed E-state index contributed by atoms with van der Waals surface area (Å²) in [4.78, 5) is 15.4. The second-order valence-corrected chi connectivity index (χ2v) is 4.80. The lowest BCUT2D eigenvalue weighted by Crippen LogP contribution is -2.37. The Hall–Kier alpha value is -2.40.